The lowest BCUT2D eigenvalue weighted by Crippen LogP contribution is -2.01. The van der Waals surface area contributed by atoms with Crippen LogP contribution in [0.15, 0.2) is 42.7 Å². The highest BCUT2D eigenvalue weighted by Crippen LogP contribution is 2.27. The third-order valence-corrected chi connectivity index (χ3v) is 3.21. The fourth-order valence-electron chi connectivity index (χ4n) is 2.28. The van der Waals surface area contributed by atoms with Crippen molar-refractivity contribution >= 4 is 39.4 Å². The van der Waals surface area contributed by atoms with E-state index >= 15 is 0 Å². The summed E-state index contributed by atoms with van der Waals surface area (Å²) in [5.41, 5.74) is 8.04. The Morgan fingerprint density at radius 2 is 2.00 bits per heavy atom. The van der Waals surface area contributed by atoms with Gasteiger partial charge in [-0.05, 0) is 12.1 Å². The van der Waals surface area contributed by atoms with Gasteiger partial charge in [0.2, 0.25) is 5.95 Å². The molecule has 0 saturated carbocycles. The number of anilines is 3. The molecule has 0 aliphatic rings. The quantitative estimate of drug-likeness (QED) is 0.519. The van der Waals surface area contributed by atoms with Crippen LogP contribution in [0.1, 0.15) is 0 Å². The summed E-state index contributed by atoms with van der Waals surface area (Å²) in [5.74, 6) is 0.784. The summed E-state index contributed by atoms with van der Waals surface area (Å²) in [6.07, 6.45) is 3.42. The monoisotopic (exact) mass is 277 g/mol. The minimum Gasteiger partial charge on any atom is -0.368 e. The third kappa shape index (κ3) is 1.91. The molecule has 0 amide bonds. The van der Waals surface area contributed by atoms with Gasteiger partial charge in [-0.25, -0.2) is 0 Å². The standard InChI is InChI=1S/C14H11N7/c15-14-19-12(9-7-17-21-13(9)20-14)18-10-5-1-3-8-4-2-6-16-11(8)10/h1-7H,(H4,15,17,18,19,20,21). The largest absolute Gasteiger partial charge is 0.368 e. The van der Waals surface area contributed by atoms with E-state index in [1.807, 2.05) is 30.3 Å². The number of pyridine rings is 1. The van der Waals surface area contributed by atoms with Crippen molar-refractivity contribution in [2.24, 2.45) is 0 Å². The number of nitrogens with two attached hydrogens (primary N) is 1. The van der Waals surface area contributed by atoms with Crippen molar-refractivity contribution in [2.75, 3.05) is 11.1 Å². The molecule has 7 nitrogen and oxygen atoms in total. The molecule has 7 heteroatoms. The summed E-state index contributed by atoms with van der Waals surface area (Å²) in [6, 6.07) is 9.83. The summed E-state index contributed by atoms with van der Waals surface area (Å²) in [7, 11) is 0. The normalized spacial score (nSPS) is 11.0. The van der Waals surface area contributed by atoms with Crippen LogP contribution in [0.3, 0.4) is 0 Å². The minimum absolute atomic E-state index is 0.183. The first-order chi connectivity index (χ1) is 10.3. The molecule has 0 fully saturated rings. The van der Waals surface area contributed by atoms with Crippen LogP contribution >= 0.6 is 0 Å². The number of aromatic amines is 1. The molecule has 0 bridgehead atoms. The van der Waals surface area contributed by atoms with Crippen molar-refractivity contribution in [2.45, 2.75) is 0 Å². The van der Waals surface area contributed by atoms with Crippen molar-refractivity contribution < 1.29 is 0 Å². The molecule has 21 heavy (non-hydrogen) atoms. The molecule has 4 N–H and O–H groups in total. The smallest absolute Gasteiger partial charge is 0.224 e. The highest BCUT2D eigenvalue weighted by atomic mass is 15.2. The summed E-state index contributed by atoms with van der Waals surface area (Å²) in [6.45, 7) is 0. The van der Waals surface area contributed by atoms with Crippen LogP contribution in [-0.2, 0) is 0 Å². The number of para-hydroxylation sites is 1. The fourth-order valence-corrected chi connectivity index (χ4v) is 2.28. The molecule has 0 saturated heterocycles. The zero-order chi connectivity index (χ0) is 14.2. The molecule has 0 unspecified atom stereocenters. The molecule has 0 radical (unpaired) electrons. The van der Waals surface area contributed by atoms with E-state index < -0.39 is 0 Å². The van der Waals surface area contributed by atoms with Crippen LogP contribution in [0.2, 0.25) is 0 Å². The Morgan fingerprint density at radius 1 is 1.10 bits per heavy atom. The van der Waals surface area contributed by atoms with Gasteiger partial charge in [0.15, 0.2) is 5.65 Å². The molecule has 1 aromatic carbocycles. The maximum Gasteiger partial charge on any atom is 0.224 e. The second-order valence-corrected chi connectivity index (χ2v) is 4.57. The van der Waals surface area contributed by atoms with Crippen LogP contribution in [0.5, 0.6) is 0 Å². The number of hydrogen-bond acceptors (Lipinski definition) is 6. The number of rotatable bonds is 2. The van der Waals surface area contributed by atoms with E-state index in [9.17, 15) is 0 Å². The van der Waals surface area contributed by atoms with Gasteiger partial charge in [0.05, 0.1) is 22.8 Å². The predicted octanol–water partition coefficient (Wildman–Crippen LogP) is 2.23. The van der Waals surface area contributed by atoms with E-state index in [2.05, 4.69) is 30.5 Å². The third-order valence-electron chi connectivity index (χ3n) is 3.21. The van der Waals surface area contributed by atoms with Gasteiger partial charge >= 0.3 is 0 Å². The molecular weight excluding hydrogens is 266 g/mol. The van der Waals surface area contributed by atoms with Crippen molar-refractivity contribution in [1.82, 2.24) is 25.1 Å². The number of benzene rings is 1. The van der Waals surface area contributed by atoms with E-state index in [0.29, 0.717) is 11.5 Å². The van der Waals surface area contributed by atoms with Gasteiger partial charge in [-0.15, -0.1) is 0 Å². The van der Waals surface area contributed by atoms with Gasteiger partial charge in [0, 0.05) is 11.6 Å². The van der Waals surface area contributed by atoms with Gasteiger partial charge in [0.25, 0.3) is 0 Å². The molecule has 0 aliphatic carbocycles. The number of aromatic nitrogens is 5. The SMILES string of the molecule is Nc1nc(Nc2cccc3cccnc23)c2cn[nH]c2n1. The lowest BCUT2D eigenvalue weighted by Gasteiger charge is -2.09. The fraction of sp³-hybridized carbons (Fsp3) is 0. The molecule has 0 spiro atoms. The van der Waals surface area contributed by atoms with Crippen molar-refractivity contribution in [3.8, 4) is 0 Å². The van der Waals surface area contributed by atoms with Gasteiger partial charge in [-0.3, -0.25) is 10.1 Å². The molecular formula is C14H11N7. The first-order valence-corrected chi connectivity index (χ1v) is 6.38. The van der Waals surface area contributed by atoms with Crippen molar-refractivity contribution in [3.63, 3.8) is 0 Å². The number of nitrogen functional groups attached to an aromatic ring is 1. The summed E-state index contributed by atoms with van der Waals surface area (Å²) < 4.78 is 0. The van der Waals surface area contributed by atoms with Crippen molar-refractivity contribution in [3.05, 3.63) is 42.7 Å². The van der Waals surface area contributed by atoms with E-state index in [1.54, 1.807) is 12.4 Å². The average molecular weight is 277 g/mol. The molecule has 3 heterocycles. The lowest BCUT2D eigenvalue weighted by molar-refractivity contribution is 1.09. The van der Waals surface area contributed by atoms with Gasteiger partial charge < -0.3 is 11.1 Å². The first kappa shape index (κ1) is 11.6. The van der Waals surface area contributed by atoms with Crippen LogP contribution in [0, 0.1) is 0 Å². The van der Waals surface area contributed by atoms with Crippen LogP contribution in [-0.4, -0.2) is 25.1 Å². The molecule has 102 valence electrons. The van der Waals surface area contributed by atoms with Gasteiger partial charge in [0.1, 0.15) is 5.82 Å². The Kier molecular flexibility index (Phi) is 2.43. The Labute approximate surface area is 119 Å². The van der Waals surface area contributed by atoms with E-state index in [1.165, 1.54) is 0 Å². The molecule has 0 aliphatic heterocycles. The van der Waals surface area contributed by atoms with E-state index in [-0.39, 0.29) is 5.95 Å². The molecule has 0 atom stereocenters. The van der Waals surface area contributed by atoms with E-state index in [4.69, 9.17) is 5.73 Å². The Hall–Kier alpha value is -3.22. The summed E-state index contributed by atoms with van der Waals surface area (Å²) in [4.78, 5) is 12.7. The molecule has 4 aromatic rings. The number of H-pyrrole nitrogens is 1. The second-order valence-electron chi connectivity index (χ2n) is 4.57. The zero-order valence-corrected chi connectivity index (χ0v) is 10.9. The minimum atomic E-state index is 0.183. The summed E-state index contributed by atoms with van der Waals surface area (Å²) >= 11 is 0. The van der Waals surface area contributed by atoms with Gasteiger partial charge in [-0.2, -0.15) is 15.1 Å². The Bertz CT molecular complexity index is 939. The molecule has 4 rings (SSSR count). The first-order valence-electron chi connectivity index (χ1n) is 6.38. The van der Waals surface area contributed by atoms with Crippen molar-refractivity contribution in [1.29, 1.82) is 0 Å². The zero-order valence-electron chi connectivity index (χ0n) is 10.9. The Morgan fingerprint density at radius 3 is 2.95 bits per heavy atom. The average Bonchev–Trinajstić information content (AvgIpc) is 2.96. The van der Waals surface area contributed by atoms with Crippen LogP contribution in [0.4, 0.5) is 17.5 Å². The number of nitrogens with one attached hydrogen (secondary N) is 2. The lowest BCUT2D eigenvalue weighted by atomic mass is 10.2. The number of hydrogen-bond donors (Lipinski definition) is 3. The number of nitrogens with zero attached hydrogens (tertiary/aromatic N) is 4. The maximum atomic E-state index is 5.72. The molecule has 3 aromatic heterocycles. The van der Waals surface area contributed by atoms with Gasteiger partial charge in [-0.1, -0.05) is 18.2 Å². The highest BCUT2D eigenvalue weighted by molar-refractivity contribution is 5.95. The summed E-state index contributed by atoms with van der Waals surface area (Å²) in [5, 5.41) is 11.8. The Balaban J connectivity index is 1.89. The number of fused-ring (bicyclic) bond motifs is 2. The predicted molar refractivity (Wildman–Crippen MR) is 81.1 cm³/mol. The van der Waals surface area contributed by atoms with Crippen LogP contribution < -0.4 is 11.1 Å². The van der Waals surface area contributed by atoms with Crippen LogP contribution in [0.25, 0.3) is 21.9 Å². The highest BCUT2D eigenvalue weighted by Gasteiger charge is 2.10. The topological polar surface area (TPSA) is 105 Å². The second kappa shape index (κ2) is 4.41. The maximum absolute atomic E-state index is 5.72. The van der Waals surface area contributed by atoms with E-state index in [0.717, 1.165) is 22.0 Å².